The Morgan fingerprint density at radius 2 is 1.92 bits per heavy atom. The predicted molar refractivity (Wildman–Crippen MR) is 96.7 cm³/mol. The summed E-state index contributed by atoms with van der Waals surface area (Å²) in [6.07, 6.45) is 0. The molecule has 0 unspecified atom stereocenters. The van der Waals surface area contributed by atoms with Gasteiger partial charge >= 0.3 is 0 Å². The monoisotopic (exact) mass is 408 g/mol. The number of hydrogen-bond acceptors (Lipinski definition) is 6. The summed E-state index contributed by atoms with van der Waals surface area (Å²) in [7, 11) is 0. The number of halogens is 1. The third kappa shape index (κ3) is 3.76. The molecule has 0 saturated heterocycles. The maximum Gasteiger partial charge on any atom is 0.214 e. The average molecular weight is 409 g/mol. The van der Waals surface area contributed by atoms with Crippen LogP contribution in [0, 0.1) is 0 Å². The van der Waals surface area contributed by atoms with Crippen LogP contribution in [-0.2, 0) is 6.54 Å². The van der Waals surface area contributed by atoms with E-state index in [1.807, 2.05) is 43.5 Å². The smallest absolute Gasteiger partial charge is 0.214 e. The molecular weight excluding hydrogens is 392 g/mol. The Bertz CT molecular complexity index is 805. The maximum atomic E-state index is 5.68. The molecule has 3 rings (SSSR count). The van der Waals surface area contributed by atoms with Crippen molar-refractivity contribution in [3.63, 3.8) is 0 Å². The van der Waals surface area contributed by atoms with Gasteiger partial charge in [-0.2, -0.15) is 4.80 Å². The van der Waals surface area contributed by atoms with Crippen molar-refractivity contribution < 1.29 is 9.47 Å². The van der Waals surface area contributed by atoms with E-state index in [2.05, 4.69) is 31.3 Å². The first kappa shape index (κ1) is 16.9. The molecule has 0 amide bonds. The van der Waals surface area contributed by atoms with Crippen molar-refractivity contribution >= 4 is 27.3 Å². The summed E-state index contributed by atoms with van der Waals surface area (Å²) in [4.78, 5) is 2.58. The second kappa shape index (κ2) is 7.76. The Morgan fingerprint density at radius 3 is 2.58 bits per heavy atom. The van der Waals surface area contributed by atoms with Crippen LogP contribution in [0.1, 0.15) is 19.4 Å². The quantitative estimate of drug-likeness (QED) is 0.590. The highest BCUT2D eigenvalue weighted by molar-refractivity contribution is 9.10. The van der Waals surface area contributed by atoms with Crippen LogP contribution >= 0.6 is 27.3 Å². The van der Waals surface area contributed by atoms with Crippen LogP contribution in [0.3, 0.4) is 0 Å². The molecule has 0 saturated carbocycles. The van der Waals surface area contributed by atoms with Gasteiger partial charge in [-0.05, 0) is 48.2 Å². The van der Waals surface area contributed by atoms with E-state index in [-0.39, 0.29) is 0 Å². The summed E-state index contributed by atoms with van der Waals surface area (Å²) in [5.74, 6) is 2.08. The van der Waals surface area contributed by atoms with Crippen molar-refractivity contribution in [3.8, 4) is 22.2 Å². The first-order valence-corrected chi connectivity index (χ1v) is 9.28. The van der Waals surface area contributed by atoms with Crippen LogP contribution in [-0.4, -0.2) is 33.4 Å². The van der Waals surface area contributed by atoms with E-state index in [1.165, 1.54) is 0 Å². The van der Waals surface area contributed by atoms with Crippen LogP contribution in [0.5, 0.6) is 11.5 Å². The number of tetrazole rings is 1. The fourth-order valence-corrected chi connectivity index (χ4v) is 3.30. The number of aromatic nitrogens is 4. The molecule has 0 atom stereocenters. The lowest BCUT2D eigenvalue weighted by Gasteiger charge is -2.13. The molecule has 0 bridgehead atoms. The van der Waals surface area contributed by atoms with Crippen molar-refractivity contribution in [2.75, 3.05) is 13.2 Å². The average Bonchev–Trinajstić information content (AvgIpc) is 3.23. The predicted octanol–water partition coefficient (Wildman–Crippen LogP) is 4.01. The van der Waals surface area contributed by atoms with Gasteiger partial charge in [0.25, 0.3) is 0 Å². The lowest BCUT2D eigenvalue weighted by Crippen LogP contribution is -2.06. The molecule has 0 spiro atoms. The third-order valence-electron chi connectivity index (χ3n) is 3.22. The first-order valence-electron chi connectivity index (χ1n) is 7.61. The normalized spacial score (nSPS) is 10.8. The van der Waals surface area contributed by atoms with Gasteiger partial charge < -0.3 is 9.47 Å². The van der Waals surface area contributed by atoms with Crippen LogP contribution < -0.4 is 9.47 Å². The molecule has 0 N–H and O–H groups in total. The van der Waals surface area contributed by atoms with E-state index >= 15 is 0 Å². The van der Waals surface area contributed by atoms with Gasteiger partial charge in [-0.15, -0.1) is 21.5 Å². The standard InChI is InChI=1S/C16H17BrN4O2S/c1-3-22-13-8-11(12(17)9-14(13)23-4-2)10-21-19-16(18-20-21)15-6-5-7-24-15/h5-9H,3-4,10H2,1-2H3. The third-order valence-corrected chi connectivity index (χ3v) is 4.82. The van der Waals surface area contributed by atoms with Crippen LogP contribution in [0.4, 0.5) is 0 Å². The molecule has 2 heterocycles. The van der Waals surface area contributed by atoms with Crippen LogP contribution in [0.25, 0.3) is 10.7 Å². The Hall–Kier alpha value is -1.93. The zero-order chi connectivity index (χ0) is 16.9. The Labute approximate surface area is 152 Å². The van der Waals surface area contributed by atoms with Crippen molar-refractivity contribution in [2.24, 2.45) is 0 Å². The summed E-state index contributed by atoms with van der Waals surface area (Å²) in [5.41, 5.74) is 0.997. The molecule has 0 aliphatic carbocycles. The SMILES string of the molecule is CCOc1cc(Br)c(Cn2nnc(-c3cccs3)n2)cc1OCC. The van der Waals surface area contributed by atoms with E-state index in [0.717, 1.165) is 26.4 Å². The highest BCUT2D eigenvalue weighted by Gasteiger charge is 2.13. The van der Waals surface area contributed by atoms with E-state index in [1.54, 1.807) is 16.1 Å². The highest BCUT2D eigenvalue weighted by Crippen LogP contribution is 2.34. The minimum atomic E-state index is 0.492. The number of thiophene rings is 1. The van der Waals surface area contributed by atoms with E-state index in [0.29, 0.717) is 25.6 Å². The van der Waals surface area contributed by atoms with Crippen molar-refractivity contribution in [1.29, 1.82) is 0 Å². The van der Waals surface area contributed by atoms with Crippen molar-refractivity contribution in [3.05, 3.63) is 39.7 Å². The second-order valence-electron chi connectivity index (χ2n) is 4.88. The van der Waals surface area contributed by atoms with E-state index in [4.69, 9.17) is 9.47 Å². The molecule has 3 aromatic rings. The number of ether oxygens (including phenoxy) is 2. The molecule has 0 aliphatic heterocycles. The van der Waals surface area contributed by atoms with Gasteiger partial charge in [-0.25, -0.2) is 0 Å². The van der Waals surface area contributed by atoms with E-state index < -0.39 is 0 Å². The summed E-state index contributed by atoms with van der Waals surface area (Å²) in [6, 6.07) is 7.82. The summed E-state index contributed by atoms with van der Waals surface area (Å²) in [6.45, 7) is 5.55. The molecular formula is C16H17BrN4O2S. The van der Waals surface area contributed by atoms with Crippen molar-refractivity contribution in [2.45, 2.75) is 20.4 Å². The number of benzene rings is 1. The van der Waals surface area contributed by atoms with Gasteiger partial charge in [0.1, 0.15) is 0 Å². The number of hydrogen-bond donors (Lipinski definition) is 0. The summed E-state index contributed by atoms with van der Waals surface area (Å²) in [5, 5.41) is 14.7. The van der Waals surface area contributed by atoms with Gasteiger partial charge in [0.15, 0.2) is 11.5 Å². The van der Waals surface area contributed by atoms with E-state index in [9.17, 15) is 0 Å². The lowest BCUT2D eigenvalue weighted by molar-refractivity contribution is 0.287. The molecule has 1 aromatic carbocycles. The number of rotatable bonds is 7. The first-order chi connectivity index (χ1) is 11.7. The summed E-state index contributed by atoms with van der Waals surface area (Å²) >= 11 is 5.17. The molecule has 6 nitrogen and oxygen atoms in total. The largest absolute Gasteiger partial charge is 0.490 e. The maximum absolute atomic E-state index is 5.68. The van der Waals surface area contributed by atoms with Gasteiger partial charge in [-0.3, -0.25) is 0 Å². The second-order valence-corrected chi connectivity index (χ2v) is 6.68. The topological polar surface area (TPSA) is 62.1 Å². The molecule has 24 heavy (non-hydrogen) atoms. The van der Waals surface area contributed by atoms with Gasteiger partial charge in [0.05, 0.1) is 24.6 Å². The van der Waals surface area contributed by atoms with Gasteiger partial charge in [0, 0.05) is 4.47 Å². The molecule has 2 aromatic heterocycles. The lowest BCUT2D eigenvalue weighted by atomic mass is 10.2. The zero-order valence-electron chi connectivity index (χ0n) is 13.4. The Balaban J connectivity index is 1.85. The number of nitrogens with zero attached hydrogens (tertiary/aromatic N) is 4. The fourth-order valence-electron chi connectivity index (χ4n) is 2.20. The van der Waals surface area contributed by atoms with Gasteiger partial charge in [0.2, 0.25) is 5.82 Å². The minimum Gasteiger partial charge on any atom is -0.490 e. The van der Waals surface area contributed by atoms with Gasteiger partial charge in [-0.1, -0.05) is 22.0 Å². The molecule has 8 heteroatoms. The highest BCUT2D eigenvalue weighted by atomic mass is 79.9. The van der Waals surface area contributed by atoms with Crippen LogP contribution in [0.2, 0.25) is 0 Å². The van der Waals surface area contributed by atoms with Crippen LogP contribution in [0.15, 0.2) is 34.1 Å². The molecule has 126 valence electrons. The zero-order valence-corrected chi connectivity index (χ0v) is 15.8. The van der Waals surface area contributed by atoms with Crippen molar-refractivity contribution in [1.82, 2.24) is 20.2 Å². The Kier molecular flexibility index (Phi) is 5.47. The molecule has 0 fully saturated rings. The fraction of sp³-hybridized carbons (Fsp3) is 0.312. The Morgan fingerprint density at radius 1 is 1.17 bits per heavy atom. The summed E-state index contributed by atoms with van der Waals surface area (Å²) < 4.78 is 12.2. The molecule has 0 aliphatic rings. The minimum absolute atomic E-state index is 0.492. The molecule has 0 radical (unpaired) electrons.